The van der Waals surface area contributed by atoms with Crippen LogP contribution in [0.25, 0.3) is 0 Å². The number of aliphatic imine (C=N–C) groups is 1. The van der Waals surface area contributed by atoms with Gasteiger partial charge < -0.3 is 4.90 Å². The van der Waals surface area contributed by atoms with Gasteiger partial charge in [0.15, 0.2) is 11.3 Å². The van der Waals surface area contributed by atoms with E-state index < -0.39 is 5.50 Å². The Bertz CT molecular complexity index is 343. The maximum atomic E-state index is 5.95. The third-order valence-corrected chi connectivity index (χ3v) is 1.96. The van der Waals surface area contributed by atoms with Gasteiger partial charge in [-0.1, -0.05) is 11.6 Å². The Morgan fingerprint density at radius 2 is 2.38 bits per heavy atom. The van der Waals surface area contributed by atoms with E-state index in [4.69, 9.17) is 11.6 Å². The smallest absolute Gasteiger partial charge is 0.215 e. The Morgan fingerprint density at radius 3 is 3.08 bits per heavy atom. The van der Waals surface area contributed by atoms with Crippen LogP contribution in [-0.4, -0.2) is 39.8 Å². The number of nitrogens with one attached hydrogen (secondary N) is 1. The fraction of sp³-hybridized carbons (Fsp3) is 0.500. The van der Waals surface area contributed by atoms with Crippen LogP contribution in [0.1, 0.15) is 11.3 Å². The number of guanidine groups is 1. The topological polar surface area (TPSA) is 58.3 Å². The number of alkyl halides is 1. The zero-order valence-electron chi connectivity index (χ0n) is 7.27. The van der Waals surface area contributed by atoms with Gasteiger partial charge in [0.1, 0.15) is 6.33 Å². The van der Waals surface area contributed by atoms with Gasteiger partial charge in [-0.3, -0.25) is 5.43 Å². The molecule has 1 aliphatic rings. The number of aromatic nitrogens is 3. The van der Waals surface area contributed by atoms with Crippen molar-refractivity contribution in [1.29, 1.82) is 0 Å². The molecule has 0 saturated heterocycles. The summed E-state index contributed by atoms with van der Waals surface area (Å²) in [6.45, 7) is 0. The first-order valence-electron chi connectivity index (χ1n) is 3.74. The van der Waals surface area contributed by atoms with Crippen LogP contribution in [0.2, 0.25) is 0 Å². The highest BCUT2D eigenvalue weighted by Crippen LogP contribution is 2.21. The lowest BCUT2D eigenvalue weighted by Crippen LogP contribution is -2.38. The summed E-state index contributed by atoms with van der Waals surface area (Å²) < 4.78 is 1.65. The molecule has 1 unspecified atom stereocenters. The molecule has 0 aliphatic carbocycles. The van der Waals surface area contributed by atoms with Crippen LogP contribution in [0.3, 0.4) is 0 Å². The molecule has 1 N–H and O–H groups in total. The molecule has 0 radical (unpaired) electrons. The van der Waals surface area contributed by atoms with Crippen molar-refractivity contribution in [2.24, 2.45) is 4.99 Å². The summed E-state index contributed by atoms with van der Waals surface area (Å²) in [5.74, 6) is 1.29. The van der Waals surface area contributed by atoms with Gasteiger partial charge in [0.2, 0.25) is 5.96 Å². The molecule has 70 valence electrons. The Balaban J connectivity index is 2.33. The van der Waals surface area contributed by atoms with E-state index in [1.165, 1.54) is 0 Å². The molecular formula is C6H9ClN6. The molecule has 1 aliphatic heterocycles. The summed E-state index contributed by atoms with van der Waals surface area (Å²) in [5, 5.41) is 7.55. The summed E-state index contributed by atoms with van der Waals surface area (Å²) in [7, 11) is 3.76. The lowest BCUT2D eigenvalue weighted by Gasteiger charge is -2.23. The number of hydrogen-bond donors (Lipinski definition) is 1. The highest BCUT2D eigenvalue weighted by Gasteiger charge is 2.21. The fourth-order valence-electron chi connectivity index (χ4n) is 1.01. The molecule has 0 fully saturated rings. The molecule has 1 atom stereocenters. The van der Waals surface area contributed by atoms with Crippen molar-refractivity contribution >= 4 is 17.6 Å². The van der Waals surface area contributed by atoms with Crippen LogP contribution in [0.15, 0.2) is 11.3 Å². The van der Waals surface area contributed by atoms with Crippen molar-refractivity contribution in [2.45, 2.75) is 5.50 Å². The average Bonchev–Trinajstić information content (AvgIpc) is 2.51. The van der Waals surface area contributed by atoms with E-state index in [1.807, 2.05) is 19.0 Å². The fourth-order valence-corrected chi connectivity index (χ4v) is 1.25. The first-order valence-corrected chi connectivity index (χ1v) is 4.18. The molecule has 2 heterocycles. The van der Waals surface area contributed by atoms with Crippen LogP contribution < -0.4 is 5.43 Å². The van der Waals surface area contributed by atoms with Gasteiger partial charge >= 0.3 is 0 Å². The van der Waals surface area contributed by atoms with Crippen LogP contribution in [0, 0.1) is 0 Å². The van der Waals surface area contributed by atoms with E-state index in [2.05, 4.69) is 20.6 Å². The second-order valence-corrected chi connectivity index (χ2v) is 3.27. The van der Waals surface area contributed by atoms with Crippen LogP contribution in [-0.2, 0) is 0 Å². The number of rotatable bonds is 0. The second kappa shape index (κ2) is 2.88. The van der Waals surface area contributed by atoms with E-state index in [0.29, 0.717) is 11.8 Å². The average molecular weight is 201 g/mol. The van der Waals surface area contributed by atoms with Gasteiger partial charge in [0.05, 0.1) is 0 Å². The van der Waals surface area contributed by atoms with Gasteiger partial charge in [0, 0.05) is 14.1 Å². The van der Waals surface area contributed by atoms with Crippen molar-refractivity contribution in [3.63, 3.8) is 0 Å². The minimum Gasteiger partial charge on any atom is -0.348 e. The molecule has 0 bridgehead atoms. The lowest BCUT2D eigenvalue weighted by molar-refractivity contribution is 0.586. The maximum absolute atomic E-state index is 5.95. The van der Waals surface area contributed by atoms with E-state index >= 15 is 0 Å². The van der Waals surface area contributed by atoms with Crippen molar-refractivity contribution in [1.82, 2.24) is 19.8 Å². The highest BCUT2D eigenvalue weighted by atomic mass is 35.5. The predicted molar refractivity (Wildman–Crippen MR) is 49.1 cm³/mol. The quantitative estimate of drug-likeness (QED) is 0.473. The summed E-state index contributed by atoms with van der Waals surface area (Å²) >= 11 is 5.95. The summed E-state index contributed by atoms with van der Waals surface area (Å²) in [5.41, 5.74) is 2.52. The molecule has 7 heteroatoms. The molecular weight excluding hydrogens is 192 g/mol. The molecule has 0 saturated carbocycles. The molecule has 1 aromatic heterocycles. The zero-order valence-corrected chi connectivity index (χ0v) is 8.02. The van der Waals surface area contributed by atoms with Crippen LogP contribution in [0.5, 0.6) is 0 Å². The van der Waals surface area contributed by atoms with E-state index in [0.717, 1.165) is 0 Å². The van der Waals surface area contributed by atoms with Gasteiger partial charge in [-0.25, -0.2) is 9.67 Å². The predicted octanol–water partition coefficient (Wildman–Crippen LogP) is -0.00980. The van der Waals surface area contributed by atoms with E-state index in [1.54, 1.807) is 11.0 Å². The molecule has 2 rings (SSSR count). The minimum atomic E-state index is -0.471. The van der Waals surface area contributed by atoms with Crippen molar-refractivity contribution < 1.29 is 0 Å². The summed E-state index contributed by atoms with van der Waals surface area (Å²) in [4.78, 5) is 6.00. The highest BCUT2D eigenvalue weighted by molar-refractivity contribution is 6.21. The van der Waals surface area contributed by atoms with Gasteiger partial charge in [-0.05, 0) is 0 Å². The SMILES string of the molecule is CN(C)C1=NC(Cl)c2nncn2N1. The number of nitrogens with zero attached hydrogens (tertiary/aromatic N) is 5. The minimum absolute atomic E-state index is 0.471. The van der Waals surface area contributed by atoms with E-state index in [-0.39, 0.29) is 0 Å². The second-order valence-electron chi connectivity index (χ2n) is 2.85. The Kier molecular flexibility index (Phi) is 1.84. The monoisotopic (exact) mass is 200 g/mol. The standard InChI is InChI=1S/C6H9ClN6/c1-12(2)6-9-4(7)5-10-8-3-13(5)11-6/h3-4H,1-2H3,(H,9,11). The van der Waals surface area contributed by atoms with Gasteiger partial charge in [-0.2, -0.15) is 0 Å². The third-order valence-electron chi connectivity index (χ3n) is 1.67. The molecule has 0 amide bonds. The molecule has 1 aromatic rings. The van der Waals surface area contributed by atoms with Crippen LogP contribution in [0.4, 0.5) is 0 Å². The van der Waals surface area contributed by atoms with Crippen molar-refractivity contribution in [2.75, 3.05) is 19.5 Å². The molecule has 6 nitrogen and oxygen atoms in total. The van der Waals surface area contributed by atoms with Crippen molar-refractivity contribution in [3.05, 3.63) is 12.2 Å². The number of halogens is 1. The maximum Gasteiger partial charge on any atom is 0.215 e. The first-order chi connectivity index (χ1) is 6.18. The third kappa shape index (κ3) is 1.33. The van der Waals surface area contributed by atoms with Crippen LogP contribution >= 0.6 is 11.6 Å². The number of hydrogen-bond acceptors (Lipinski definition) is 5. The Hall–Kier alpha value is -1.30. The normalized spacial score (nSPS) is 20.2. The Labute approximate surface area is 80.2 Å². The Morgan fingerprint density at radius 1 is 1.62 bits per heavy atom. The lowest BCUT2D eigenvalue weighted by atomic mass is 10.5. The summed E-state index contributed by atoms with van der Waals surface area (Å²) in [6, 6.07) is 0. The van der Waals surface area contributed by atoms with E-state index in [9.17, 15) is 0 Å². The first kappa shape index (κ1) is 8.31. The summed E-state index contributed by atoms with van der Waals surface area (Å²) in [6.07, 6.45) is 1.56. The largest absolute Gasteiger partial charge is 0.348 e. The number of fused-ring (bicyclic) bond motifs is 1. The molecule has 0 spiro atoms. The zero-order chi connectivity index (χ0) is 9.42. The van der Waals surface area contributed by atoms with Gasteiger partial charge in [-0.15, -0.1) is 10.2 Å². The van der Waals surface area contributed by atoms with Gasteiger partial charge in [0.25, 0.3) is 0 Å². The molecule has 13 heavy (non-hydrogen) atoms. The molecule has 0 aromatic carbocycles. The van der Waals surface area contributed by atoms with Crippen molar-refractivity contribution in [3.8, 4) is 0 Å².